The predicted molar refractivity (Wildman–Crippen MR) is 91.9 cm³/mol. The molecule has 3 aromatic rings. The van der Waals surface area contributed by atoms with Gasteiger partial charge in [-0.25, -0.2) is 9.37 Å². The molecule has 2 aromatic carbocycles. The third kappa shape index (κ3) is 4.26. The summed E-state index contributed by atoms with van der Waals surface area (Å²) in [6, 6.07) is 9.82. The summed E-state index contributed by atoms with van der Waals surface area (Å²) in [4.78, 5) is 16.2. The number of nitrogens with one attached hydrogen (secondary N) is 1. The molecule has 1 aromatic heterocycles. The highest BCUT2D eigenvalue weighted by atomic mass is 32.1. The number of carbonyl (C=O) groups excluding carboxylic acids is 1. The maximum atomic E-state index is 13.1. The van der Waals surface area contributed by atoms with E-state index in [1.54, 1.807) is 0 Å². The lowest BCUT2D eigenvalue weighted by Gasteiger charge is -2.13. The molecule has 0 saturated carbocycles. The fourth-order valence-corrected chi connectivity index (χ4v) is 3.19. The van der Waals surface area contributed by atoms with Crippen LogP contribution in [0.25, 0.3) is 16.3 Å². The Morgan fingerprint density at radius 3 is 2.69 bits per heavy atom. The van der Waals surface area contributed by atoms with E-state index >= 15 is 0 Å². The maximum absolute atomic E-state index is 13.1. The fourth-order valence-electron chi connectivity index (χ4n) is 2.32. The van der Waals surface area contributed by atoms with Gasteiger partial charge in [0.1, 0.15) is 10.8 Å². The monoisotopic (exact) mass is 380 g/mol. The van der Waals surface area contributed by atoms with Crippen LogP contribution in [0.2, 0.25) is 0 Å². The number of para-hydroxylation sites is 1. The highest BCUT2D eigenvalue weighted by molar-refractivity contribution is 7.19. The number of hydrogen-bond donors (Lipinski definition) is 1. The van der Waals surface area contributed by atoms with Gasteiger partial charge in [-0.15, -0.1) is 11.3 Å². The number of aromatic nitrogens is 1. The van der Waals surface area contributed by atoms with Gasteiger partial charge in [-0.3, -0.25) is 4.79 Å². The van der Waals surface area contributed by atoms with Crippen LogP contribution in [0, 0.1) is 5.82 Å². The van der Waals surface area contributed by atoms with Crippen LogP contribution in [-0.2, 0) is 17.5 Å². The summed E-state index contributed by atoms with van der Waals surface area (Å²) in [6.45, 7) is -0.363. The zero-order chi connectivity index (χ0) is 18.7. The minimum atomic E-state index is -4.70. The Bertz CT molecular complexity index is 946. The maximum Gasteiger partial charge on any atom is 0.416 e. The molecule has 0 spiro atoms. The van der Waals surface area contributed by atoms with Crippen molar-refractivity contribution in [2.24, 2.45) is 0 Å². The number of alkyl halides is 3. The Morgan fingerprint density at radius 1 is 1.19 bits per heavy atom. The van der Waals surface area contributed by atoms with Gasteiger partial charge in [0.25, 0.3) is 0 Å². The largest absolute Gasteiger partial charge is 0.416 e. The van der Waals surface area contributed by atoms with Gasteiger partial charge in [0.05, 0.1) is 15.8 Å². The minimum absolute atomic E-state index is 0.208. The summed E-state index contributed by atoms with van der Waals surface area (Å²) in [7, 11) is 0. The van der Waals surface area contributed by atoms with Crippen LogP contribution in [0.3, 0.4) is 0 Å². The first kappa shape index (κ1) is 18.1. The second-order valence-electron chi connectivity index (χ2n) is 5.37. The van der Waals surface area contributed by atoms with Gasteiger partial charge in [-0.1, -0.05) is 18.2 Å². The van der Waals surface area contributed by atoms with E-state index in [9.17, 15) is 22.4 Å². The Kier molecular flexibility index (Phi) is 5.03. The first-order chi connectivity index (χ1) is 12.3. The zero-order valence-electron chi connectivity index (χ0n) is 13.2. The number of carbonyl (C=O) groups is 1. The van der Waals surface area contributed by atoms with E-state index in [2.05, 4.69) is 10.3 Å². The molecule has 0 aliphatic heterocycles. The first-order valence-electron chi connectivity index (χ1n) is 7.50. The van der Waals surface area contributed by atoms with Crippen LogP contribution in [0.15, 0.2) is 48.5 Å². The summed E-state index contributed by atoms with van der Waals surface area (Å²) < 4.78 is 52.8. The highest BCUT2D eigenvalue weighted by Crippen LogP contribution is 2.32. The summed E-state index contributed by atoms with van der Waals surface area (Å²) in [6.07, 6.45) is -2.00. The first-order valence-corrected chi connectivity index (χ1v) is 8.32. The number of benzene rings is 2. The molecular formula is C18H12F4N2OS. The zero-order valence-corrected chi connectivity index (χ0v) is 14.0. The van der Waals surface area contributed by atoms with Crippen LogP contribution >= 0.6 is 11.3 Å². The van der Waals surface area contributed by atoms with Crippen molar-refractivity contribution in [2.45, 2.75) is 12.7 Å². The average Bonchev–Trinajstić information content (AvgIpc) is 3.01. The van der Waals surface area contributed by atoms with Crippen LogP contribution in [-0.4, -0.2) is 10.9 Å². The summed E-state index contributed by atoms with van der Waals surface area (Å²) >= 11 is 1.39. The van der Waals surface area contributed by atoms with Gasteiger partial charge >= 0.3 is 6.18 Å². The summed E-state index contributed by atoms with van der Waals surface area (Å²) in [5.41, 5.74) is -0.507. The second-order valence-corrected chi connectivity index (χ2v) is 6.43. The standard InChI is InChI=1S/C18H12F4N2OS/c19-12-6-5-11(13(9-12)18(20,21)22)10-23-16(25)7-8-17-24-14-3-1-2-4-15(14)26-17/h1-9H,10H2,(H,23,25)/b8-7+. The lowest BCUT2D eigenvalue weighted by atomic mass is 10.1. The average molecular weight is 380 g/mol. The highest BCUT2D eigenvalue weighted by Gasteiger charge is 2.33. The number of rotatable bonds is 4. The molecule has 1 N–H and O–H groups in total. The second kappa shape index (κ2) is 7.25. The predicted octanol–water partition coefficient (Wildman–Crippen LogP) is 4.78. The number of fused-ring (bicyclic) bond motifs is 1. The molecule has 26 heavy (non-hydrogen) atoms. The lowest BCUT2D eigenvalue weighted by molar-refractivity contribution is -0.138. The number of halogens is 4. The molecule has 1 amide bonds. The number of amides is 1. The topological polar surface area (TPSA) is 42.0 Å². The molecule has 0 atom stereocenters. The smallest absolute Gasteiger partial charge is 0.348 e. The molecule has 134 valence electrons. The van der Waals surface area contributed by atoms with Gasteiger partial charge < -0.3 is 5.32 Å². The molecular weight excluding hydrogens is 368 g/mol. The molecule has 0 saturated heterocycles. The number of hydrogen-bond acceptors (Lipinski definition) is 3. The Morgan fingerprint density at radius 2 is 1.96 bits per heavy atom. The van der Waals surface area contributed by atoms with Crippen LogP contribution in [0.1, 0.15) is 16.1 Å². The van der Waals surface area contributed by atoms with Crippen LogP contribution in [0.5, 0.6) is 0 Å². The molecule has 0 unspecified atom stereocenters. The molecule has 0 bridgehead atoms. The molecule has 3 nitrogen and oxygen atoms in total. The van der Waals surface area contributed by atoms with Gasteiger partial charge in [0.15, 0.2) is 0 Å². The van der Waals surface area contributed by atoms with E-state index < -0.39 is 23.5 Å². The number of nitrogens with zero attached hydrogens (tertiary/aromatic N) is 1. The minimum Gasteiger partial charge on any atom is -0.348 e. The van der Waals surface area contributed by atoms with E-state index in [0.29, 0.717) is 11.1 Å². The van der Waals surface area contributed by atoms with Crippen molar-refractivity contribution in [1.29, 1.82) is 0 Å². The van der Waals surface area contributed by atoms with E-state index in [-0.39, 0.29) is 12.1 Å². The lowest BCUT2D eigenvalue weighted by Crippen LogP contribution is -2.22. The quantitative estimate of drug-likeness (QED) is 0.523. The van der Waals surface area contributed by atoms with E-state index in [0.717, 1.165) is 22.3 Å². The van der Waals surface area contributed by atoms with E-state index in [1.807, 2.05) is 24.3 Å². The molecule has 0 radical (unpaired) electrons. The van der Waals surface area contributed by atoms with Crippen molar-refractivity contribution >= 4 is 33.5 Å². The van der Waals surface area contributed by atoms with Crippen molar-refractivity contribution in [2.75, 3.05) is 0 Å². The Hall–Kier alpha value is -2.74. The fraction of sp³-hybridized carbons (Fsp3) is 0.111. The third-order valence-electron chi connectivity index (χ3n) is 3.52. The van der Waals surface area contributed by atoms with Crippen LogP contribution in [0.4, 0.5) is 17.6 Å². The molecule has 0 aliphatic rings. The van der Waals surface area contributed by atoms with Crippen molar-refractivity contribution in [3.8, 4) is 0 Å². The van der Waals surface area contributed by atoms with Gasteiger partial charge in [-0.05, 0) is 35.9 Å². The van der Waals surface area contributed by atoms with E-state index in [1.165, 1.54) is 23.5 Å². The third-order valence-corrected chi connectivity index (χ3v) is 4.52. The van der Waals surface area contributed by atoms with Gasteiger partial charge in [-0.2, -0.15) is 13.2 Å². The molecule has 8 heteroatoms. The Balaban J connectivity index is 1.67. The van der Waals surface area contributed by atoms with Crippen LogP contribution < -0.4 is 5.32 Å². The summed E-state index contributed by atoms with van der Waals surface area (Å²) in [5, 5.41) is 2.97. The molecule has 0 fully saturated rings. The van der Waals surface area contributed by atoms with Gasteiger partial charge in [0, 0.05) is 12.6 Å². The molecule has 0 aliphatic carbocycles. The molecule has 3 rings (SSSR count). The van der Waals surface area contributed by atoms with E-state index in [4.69, 9.17) is 0 Å². The molecule has 1 heterocycles. The van der Waals surface area contributed by atoms with Crippen molar-refractivity contribution in [3.63, 3.8) is 0 Å². The Labute approximate surface area is 150 Å². The normalized spacial score (nSPS) is 12.0. The summed E-state index contributed by atoms with van der Waals surface area (Å²) in [5.74, 6) is -1.55. The SMILES string of the molecule is O=C(/C=C/c1nc2ccccc2s1)NCc1ccc(F)cc1C(F)(F)F. The number of thiazole rings is 1. The van der Waals surface area contributed by atoms with Crippen molar-refractivity contribution in [3.05, 3.63) is 70.5 Å². The van der Waals surface area contributed by atoms with Crippen molar-refractivity contribution in [1.82, 2.24) is 10.3 Å². The van der Waals surface area contributed by atoms with Gasteiger partial charge in [0.2, 0.25) is 5.91 Å². The van der Waals surface area contributed by atoms with Crippen molar-refractivity contribution < 1.29 is 22.4 Å².